The minimum atomic E-state index is 0.578. The van der Waals surface area contributed by atoms with E-state index in [2.05, 4.69) is 33.8 Å². The van der Waals surface area contributed by atoms with Gasteiger partial charge in [-0.2, -0.15) is 0 Å². The molecule has 0 unspecified atom stereocenters. The third-order valence-corrected chi connectivity index (χ3v) is 6.42. The minimum Gasteiger partial charge on any atom is -0.0622 e. The molecule has 2 bridgehead atoms. The van der Waals surface area contributed by atoms with E-state index in [1.165, 1.54) is 32.1 Å². The average molecular weight is 217 g/mol. The molecule has 0 heteroatoms. The van der Waals surface area contributed by atoms with Crippen LogP contribution >= 0.6 is 0 Å². The molecule has 3 rings (SSSR count). The Kier molecular flexibility index (Phi) is 2.14. The average Bonchev–Trinajstić information content (AvgIpc) is 2.68. The molecule has 4 atom stereocenters. The highest BCUT2D eigenvalue weighted by Gasteiger charge is 2.63. The summed E-state index contributed by atoms with van der Waals surface area (Å²) in [7, 11) is 0. The van der Waals surface area contributed by atoms with Crippen LogP contribution in [0.4, 0.5) is 0 Å². The van der Waals surface area contributed by atoms with Gasteiger partial charge in [-0.1, -0.05) is 26.3 Å². The number of allylic oxidation sites excluding steroid dienone is 2. The summed E-state index contributed by atoms with van der Waals surface area (Å²) in [4.78, 5) is 0. The van der Waals surface area contributed by atoms with E-state index in [9.17, 15) is 0 Å². The van der Waals surface area contributed by atoms with Gasteiger partial charge < -0.3 is 0 Å². The van der Waals surface area contributed by atoms with Crippen molar-refractivity contribution in [2.75, 3.05) is 0 Å². The van der Waals surface area contributed by atoms with Crippen molar-refractivity contribution in [3.05, 3.63) is 11.6 Å². The maximum absolute atomic E-state index is 3.55. The highest BCUT2D eigenvalue weighted by Crippen LogP contribution is 2.72. The van der Waals surface area contributed by atoms with Crippen molar-refractivity contribution in [1.82, 2.24) is 0 Å². The summed E-state index contributed by atoms with van der Waals surface area (Å²) in [6.45, 7) is 9.72. The van der Waals surface area contributed by atoms with Gasteiger partial charge in [-0.25, -0.2) is 0 Å². The SMILES string of the molecule is C/[C]=C1\CC[C@H]2C(C)(C)[C@@H]3C[C@]12CC[C@H]3C. The van der Waals surface area contributed by atoms with Gasteiger partial charge in [0.2, 0.25) is 0 Å². The lowest BCUT2D eigenvalue weighted by atomic mass is 9.67. The molecule has 0 nitrogen and oxygen atoms in total. The summed E-state index contributed by atoms with van der Waals surface area (Å²) in [5, 5.41) is 0. The fourth-order valence-corrected chi connectivity index (χ4v) is 5.71. The van der Waals surface area contributed by atoms with Crippen LogP contribution in [0.5, 0.6) is 0 Å². The Hall–Kier alpha value is -0.260. The van der Waals surface area contributed by atoms with Crippen LogP contribution in [0, 0.1) is 34.7 Å². The Bertz CT molecular complexity index is 336. The molecule has 3 saturated carbocycles. The molecule has 0 aromatic rings. The van der Waals surface area contributed by atoms with E-state index in [1.807, 2.05) is 0 Å². The standard InChI is InChI=1S/C16H25/c1-5-12-6-7-14-15(3,4)13-10-16(12,14)9-8-11(13)2/h11,13-14H,6-10H2,1-4H3/t11-,13-,14+,16-/m1/s1. The van der Waals surface area contributed by atoms with Crippen molar-refractivity contribution in [2.45, 2.75) is 59.8 Å². The molecule has 3 aliphatic rings. The topological polar surface area (TPSA) is 0 Å². The first-order valence-electron chi connectivity index (χ1n) is 7.06. The van der Waals surface area contributed by atoms with Gasteiger partial charge in [0.25, 0.3) is 0 Å². The largest absolute Gasteiger partial charge is 0.0622 e. The molecule has 0 heterocycles. The molecule has 89 valence electrons. The van der Waals surface area contributed by atoms with E-state index in [4.69, 9.17) is 0 Å². The fraction of sp³-hybridized carbons (Fsp3) is 0.875. The highest BCUT2D eigenvalue weighted by atomic mass is 14.7. The number of rotatable bonds is 0. The Morgan fingerprint density at radius 1 is 1.25 bits per heavy atom. The van der Waals surface area contributed by atoms with E-state index in [-0.39, 0.29) is 0 Å². The zero-order valence-electron chi connectivity index (χ0n) is 11.3. The number of fused-ring (bicyclic) bond motifs is 1. The Morgan fingerprint density at radius 3 is 2.69 bits per heavy atom. The summed E-state index contributed by atoms with van der Waals surface area (Å²) in [6, 6.07) is 0. The van der Waals surface area contributed by atoms with E-state index in [0.29, 0.717) is 10.8 Å². The molecule has 0 amide bonds. The highest BCUT2D eigenvalue weighted by molar-refractivity contribution is 5.27. The summed E-state index contributed by atoms with van der Waals surface area (Å²) < 4.78 is 0. The van der Waals surface area contributed by atoms with Crippen LogP contribution < -0.4 is 0 Å². The zero-order chi connectivity index (χ0) is 11.6. The quantitative estimate of drug-likeness (QED) is 0.556. The molecule has 0 aromatic carbocycles. The van der Waals surface area contributed by atoms with Crippen LogP contribution in [0.15, 0.2) is 5.57 Å². The van der Waals surface area contributed by atoms with E-state index < -0.39 is 0 Å². The van der Waals surface area contributed by atoms with Gasteiger partial charge in [0.05, 0.1) is 0 Å². The molecule has 1 spiro atoms. The second kappa shape index (κ2) is 3.15. The molecule has 1 radical (unpaired) electrons. The first kappa shape index (κ1) is 10.9. The van der Waals surface area contributed by atoms with Crippen LogP contribution in [0.25, 0.3) is 0 Å². The lowest BCUT2D eigenvalue weighted by Gasteiger charge is -2.37. The Balaban J connectivity index is 2.08. The number of hydrogen-bond donors (Lipinski definition) is 0. The third kappa shape index (κ3) is 1.07. The van der Waals surface area contributed by atoms with Crippen LogP contribution in [-0.2, 0) is 0 Å². The van der Waals surface area contributed by atoms with Gasteiger partial charge in [-0.05, 0) is 73.7 Å². The van der Waals surface area contributed by atoms with E-state index in [1.54, 1.807) is 5.57 Å². The Morgan fingerprint density at radius 2 is 2.00 bits per heavy atom. The summed E-state index contributed by atoms with van der Waals surface area (Å²) in [5.41, 5.74) is 2.86. The van der Waals surface area contributed by atoms with Crippen LogP contribution in [0.2, 0.25) is 0 Å². The predicted octanol–water partition coefficient (Wildman–Crippen LogP) is 4.61. The van der Waals surface area contributed by atoms with Gasteiger partial charge in [0.15, 0.2) is 0 Å². The second-order valence-electron chi connectivity index (χ2n) is 7.12. The molecule has 16 heavy (non-hydrogen) atoms. The van der Waals surface area contributed by atoms with Crippen molar-refractivity contribution < 1.29 is 0 Å². The maximum Gasteiger partial charge on any atom is -0.00457 e. The summed E-state index contributed by atoms with van der Waals surface area (Å²) in [5.74, 6) is 2.87. The van der Waals surface area contributed by atoms with Crippen LogP contribution in [0.1, 0.15) is 59.8 Å². The van der Waals surface area contributed by atoms with Crippen LogP contribution in [0.3, 0.4) is 0 Å². The van der Waals surface area contributed by atoms with E-state index in [0.717, 1.165) is 17.8 Å². The predicted molar refractivity (Wildman–Crippen MR) is 67.9 cm³/mol. The third-order valence-electron chi connectivity index (χ3n) is 6.42. The summed E-state index contributed by atoms with van der Waals surface area (Å²) >= 11 is 0. The van der Waals surface area contributed by atoms with Crippen molar-refractivity contribution in [1.29, 1.82) is 0 Å². The van der Waals surface area contributed by atoms with Crippen molar-refractivity contribution >= 4 is 0 Å². The molecule has 0 N–H and O–H groups in total. The van der Waals surface area contributed by atoms with Gasteiger partial charge in [-0.15, -0.1) is 0 Å². The molecular formula is C16H25. The van der Waals surface area contributed by atoms with Crippen molar-refractivity contribution in [3.63, 3.8) is 0 Å². The van der Waals surface area contributed by atoms with Gasteiger partial charge >= 0.3 is 0 Å². The smallest absolute Gasteiger partial charge is 0.00457 e. The molecular weight excluding hydrogens is 192 g/mol. The fourth-order valence-electron chi connectivity index (χ4n) is 5.71. The van der Waals surface area contributed by atoms with Gasteiger partial charge in [0.1, 0.15) is 0 Å². The molecule has 0 saturated heterocycles. The lowest BCUT2D eigenvalue weighted by Crippen LogP contribution is -2.28. The maximum atomic E-state index is 3.55. The monoisotopic (exact) mass is 217 g/mol. The molecule has 3 fully saturated rings. The Labute approximate surface area is 101 Å². The normalized spacial score (nSPS) is 52.0. The zero-order valence-corrected chi connectivity index (χ0v) is 11.3. The minimum absolute atomic E-state index is 0.578. The lowest BCUT2D eigenvalue weighted by molar-refractivity contribution is 0.140. The van der Waals surface area contributed by atoms with Crippen molar-refractivity contribution in [2.24, 2.45) is 28.6 Å². The van der Waals surface area contributed by atoms with Gasteiger partial charge in [-0.3, -0.25) is 0 Å². The first-order chi connectivity index (χ1) is 7.52. The second-order valence-corrected chi connectivity index (χ2v) is 7.12. The molecule has 0 aromatic heterocycles. The molecule has 3 aliphatic carbocycles. The number of hydrogen-bond acceptors (Lipinski definition) is 0. The molecule has 0 aliphatic heterocycles. The summed E-state index contributed by atoms with van der Waals surface area (Å²) in [6.07, 6.45) is 10.7. The van der Waals surface area contributed by atoms with Crippen LogP contribution in [-0.4, -0.2) is 0 Å². The van der Waals surface area contributed by atoms with Crippen molar-refractivity contribution in [3.8, 4) is 0 Å². The van der Waals surface area contributed by atoms with E-state index >= 15 is 0 Å². The first-order valence-corrected chi connectivity index (χ1v) is 7.06. The van der Waals surface area contributed by atoms with Gasteiger partial charge in [0, 0.05) is 0 Å².